The minimum atomic E-state index is -0.314. The molecular weight excluding hydrogens is 292 g/mol. The Hall–Kier alpha value is -2.55. The Balaban J connectivity index is 1.64. The summed E-state index contributed by atoms with van der Waals surface area (Å²) in [5, 5.41) is 11.7. The third-order valence-corrected chi connectivity index (χ3v) is 3.56. The van der Waals surface area contributed by atoms with Gasteiger partial charge in [-0.05, 0) is 23.7 Å². The Labute approximate surface area is 124 Å². The number of carbonyl (C=O) groups excluding carboxylic acids is 1. The number of rotatable bonds is 5. The van der Waals surface area contributed by atoms with E-state index in [1.54, 1.807) is 30.2 Å². The fraction of sp³-hybridized carbons (Fsp3) is 0.250. The molecule has 0 unspecified atom stereocenters. The largest absolute Gasteiger partial charge is 0.411 e. The highest BCUT2D eigenvalue weighted by atomic mass is 32.1. The van der Waals surface area contributed by atoms with Gasteiger partial charge in [0.1, 0.15) is 4.88 Å². The summed E-state index contributed by atoms with van der Waals surface area (Å²) in [6.07, 6.45) is 5.18. The van der Waals surface area contributed by atoms with E-state index >= 15 is 0 Å². The summed E-state index contributed by atoms with van der Waals surface area (Å²) in [7, 11) is 1.68. The molecule has 3 aromatic heterocycles. The summed E-state index contributed by atoms with van der Waals surface area (Å²) < 4.78 is 11.1. The van der Waals surface area contributed by atoms with E-state index in [0.717, 1.165) is 4.88 Å². The van der Waals surface area contributed by atoms with Gasteiger partial charge in [0.05, 0.1) is 6.54 Å². The molecule has 21 heavy (non-hydrogen) atoms. The SMILES string of the molecule is CN(CCn1cccn1)C(=O)c1nnc(-c2ccns2)o1. The number of carbonyl (C=O) groups is 1. The van der Waals surface area contributed by atoms with Gasteiger partial charge in [-0.25, -0.2) is 4.37 Å². The molecule has 0 aromatic carbocycles. The van der Waals surface area contributed by atoms with Crippen molar-refractivity contribution < 1.29 is 9.21 Å². The first-order chi connectivity index (χ1) is 10.2. The molecule has 8 nitrogen and oxygen atoms in total. The van der Waals surface area contributed by atoms with Crippen LogP contribution < -0.4 is 0 Å². The van der Waals surface area contributed by atoms with Crippen LogP contribution in [0.4, 0.5) is 0 Å². The van der Waals surface area contributed by atoms with Crippen LogP contribution >= 0.6 is 11.5 Å². The molecule has 3 rings (SSSR count). The number of hydrogen-bond acceptors (Lipinski definition) is 7. The average molecular weight is 304 g/mol. The van der Waals surface area contributed by atoms with Crippen molar-refractivity contribution in [2.45, 2.75) is 6.54 Å². The van der Waals surface area contributed by atoms with Crippen molar-refractivity contribution in [2.24, 2.45) is 0 Å². The average Bonchev–Trinajstić information content (AvgIpc) is 3.25. The van der Waals surface area contributed by atoms with Gasteiger partial charge in [0.15, 0.2) is 0 Å². The minimum Gasteiger partial charge on any atom is -0.411 e. The quantitative estimate of drug-likeness (QED) is 0.702. The van der Waals surface area contributed by atoms with Crippen molar-refractivity contribution in [1.29, 1.82) is 0 Å². The molecule has 9 heteroatoms. The zero-order valence-corrected chi connectivity index (χ0v) is 12.0. The van der Waals surface area contributed by atoms with Gasteiger partial charge in [0.25, 0.3) is 5.89 Å². The molecule has 0 N–H and O–H groups in total. The van der Waals surface area contributed by atoms with Gasteiger partial charge < -0.3 is 9.32 Å². The highest BCUT2D eigenvalue weighted by Gasteiger charge is 2.20. The number of hydrogen-bond donors (Lipinski definition) is 0. The lowest BCUT2D eigenvalue weighted by atomic mass is 10.4. The Morgan fingerprint density at radius 2 is 2.33 bits per heavy atom. The Kier molecular flexibility index (Phi) is 3.73. The van der Waals surface area contributed by atoms with E-state index in [-0.39, 0.29) is 11.8 Å². The van der Waals surface area contributed by atoms with Crippen molar-refractivity contribution in [3.8, 4) is 10.8 Å². The lowest BCUT2D eigenvalue weighted by Crippen LogP contribution is -2.30. The van der Waals surface area contributed by atoms with Crippen LogP contribution in [0.25, 0.3) is 10.8 Å². The van der Waals surface area contributed by atoms with Crippen LogP contribution in [0.5, 0.6) is 0 Å². The van der Waals surface area contributed by atoms with E-state index in [2.05, 4.69) is 19.7 Å². The molecule has 0 aliphatic carbocycles. The maximum Gasteiger partial charge on any atom is 0.311 e. The molecule has 0 fully saturated rings. The molecule has 1 amide bonds. The first-order valence-electron chi connectivity index (χ1n) is 6.21. The maximum atomic E-state index is 12.2. The van der Waals surface area contributed by atoms with Crippen LogP contribution in [0.3, 0.4) is 0 Å². The van der Waals surface area contributed by atoms with Gasteiger partial charge in [-0.15, -0.1) is 10.2 Å². The lowest BCUT2D eigenvalue weighted by Gasteiger charge is -2.14. The van der Waals surface area contributed by atoms with Crippen LogP contribution in [-0.2, 0) is 6.54 Å². The highest BCUT2D eigenvalue weighted by Crippen LogP contribution is 2.21. The third-order valence-electron chi connectivity index (χ3n) is 2.83. The van der Waals surface area contributed by atoms with Gasteiger partial charge in [0, 0.05) is 32.2 Å². The maximum absolute atomic E-state index is 12.2. The summed E-state index contributed by atoms with van der Waals surface area (Å²) in [6.45, 7) is 1.10. The zero-order chi connectivity index (χ0) is 14.7. The van der Waals surface area contributed by atoms with Crippen LogP contribution in [0.1, 0.15) is 10.7 Å². The summed E-state index contributed by atoms with van der Waals surface area (Å²) in [4.78, 5) is 14.4. The van der Waals surface area contributed by atoms with Crippen molar-refractivity contribution >= 4 is 17.4 Å². The fourth-order valence-corrected chi connectivity index (χ4v) is 2.20. The van der Waals surface area contributed by atoms with Crippen molar-refractivity contribution in [3.05, 3.63) is 36.6 Å². The third kappa shape index (κ3) is 2.97. The number of aromatic nitrogens is 5. The second-order valence-electron chi connectivity index (χ2n) is 4.28. The smallest absolute Gasteiger partial charge is 0.311 e. The standard InChI is InChI=1S/C12H12N6O2S/c1-17(7-8-18-6-2-4-13-18)12(19)11-16-15-10(20-11)9-3-5-14-21-9/h2-6H,7-8H2,1H3. The normalized spacial score (nSPS) is 10.7. The fourth-order valence-electron chi connectivity index (χ4n) is 1.69. The number of likely N-dealkylation sites (N-methyl/N-ethyl adjacent to an activating group) is 1. The second-order valence-corrected chi connectivity index (χ2v) is 5.12. The van der Waals surface area contributed by atoms with E-state index in [1.807, 2.05) is 12.3 Å². The summed E-state index contributed by atoms with van der Waals surface area (Å²) in [5.74, 6) is -0.0342. The summed E-state index contributed by atoms with van der Waals surface area (Å²) >= 11 is 1.24. The van der Waals surface area contributed by atoms with E-state index < -0.39 is 0 Å². The second kappa shape index (κ2) is 5.83. The molecule has 0 radical (unpaired) electrons. The Morgan fingerprint density at radius 1 is 1.43 bits per heavy atom. The number of amides is 1. The first-order valence-corrected chi connectivity index (χ1v) is 6.99. The van der Waals surface area contributed by atoms with E-state index in [4.69, 9.17) is 4.42 Å². The van der Waals surface area contributed by atoms with Crippen molar-refractivity contribution in [3.63, 3.8) is 0 Å². The topological polar surface area (TPSA) is 89.9 Å². The molecule has 3 aromatic rings. The van der Waals surface area contributed by atoms with Crippen molar-refractivity contribution in [2.75, 3.05) is 13.6 Å². The monoisotopic (exact) mass is 304 g/mol. The van der Waals surface area contributed by atoms with Crippen LogP contribution in [0.2, 0.25) is 0 Å². The predicted octanol–water partition coefficient (Wildman–Crippen LogP) is 1.16. The summed E-state index contributed by atoms with van der Waals surface area (Å²) in [5.41, 5.74) is 0. The Bertz CT molecular complexity index is 706. The van der Waals surface area contributed by atoms with E-state index in [1.165, 1.54) is 16.4 Å². The molecule has 0 spiro atoms. The first kappa shape index (κ1) is 13.4. The highest BCUT2D eigenvalue weighted by molar-refractivity contribution is 7.09. The van der Waals surface area contributed by atoms with Crippen molar-refractivity contribution in [1.82, 2.24) is 29.3 Å². The molecule has 108 valence electrons. The van der Waals surface area contributed by atoms with Crippen LogP contribution in [0, 0.1) is 0 Å². The van der Waals surface area contributed by atoms with Gasteiger partial charge in [-0.1, -0.05) is 0 Å². The zero-order valence-electron chi connectivity index (χ0n) is 11.2. The predicted molar refractivity (Wildman–Crippen MR) is 74.6 cm³/mol. The van der Waals surface area contributed by atoms with Gasteiger partial charge >= 0.3 is 11.8 Å². The van der Waals surface area contributed by atoms with Gasteiger partial charge in [-0.3, -0.25) is 9.48 Å². The molecule has 0 aliphatic rings. The molecule has 0 saturated carbocycles. The van der Waals surface area contributed by atoms with Gasteiger partial charge in [-0.2, -0.15) is 5.10 Å². The minimum absolute atomic E-state index is 0.0265. The molecule has 0 atom stereocenters. The van der Waals surface area contributed by atoms with Crippen LogP contribution in [0.15, 0.2) is 35.1 Å². The molecule has 0 aliphatic heterocycles. The molecule has 0 saturated heterocycles. The molecular formula is C12H12N6O2S. The van der Waals surface area contributed by atoms with Gasteiger partial charge in [0.2, 0.25) is 0 Å². The lowest BCUT2D eigenvalue weighted by molar-refractivity contribution is 0.0750. The van der Waals surface area contributed by atoms with E-state index in [9.17, 15) is 4.79 Å². The molecule has 0 bridgehead atoms. The number of nitrogens with zero attached hydrogens (tertiary/aromatic N) is 6. The summed E-state index contributed by atoms with van der Waals surface area (Å²) in [6, 6.07) is 3.59. The molecule has 3 heterocycles. The van der Waals surface area contributed by atoms with Crippen LogP contribution in [-0.4, -0.2) is 48.8 Å². The van der Waals surface area contributed by atoms with E-state index in [0.29, 0.717) is 19.0 Å². The Morgan fingerprint density at radius 3 is 3.05 bits per heavy atom.